The number of nitrogens with zero attached hydrogens (tertiary/aromatic N) is 3. The van der Waals surface area contributed by atoms with E-state index in [0.717, 1.165) is 44.2 Å². The maximum atomic E-state index is 12.3. The fourth-order valence-corrected chi connectivity index (χ4v) is 3.38. The van der Waals surface area contributed by atoms with Crippen LogP contribution >= 0.6 is 0 Å². The smallest absolute Gasteiger partial charge is 0.222 e. The van der Waals surface area contributed by atoms with E-state index < -0.39 is 0 Å². The number of benzene rings is 1. The highest BCUT2D eigenvalue weighted by Gasteiger charge is 2.21. The van der Waals surface area contributed by atoms with Crippen molar-refractivity contribution in [3.8, 4) is 11.5 Å². The number of carbonyl (C=O) groups is 2. The van der Waals surface area contributed by atoms with Crippen LogP contribution in [0.5, 0.6) is 11.5 Å². The van der Waals surface area contributed by atoms with Crippen molar-refractivity contribution >= 4 is 11.8 Å². The molecule has 0 saturated carbocycles. The Bertz CT molecular complexity index is 671. The second-order valence-electron chi connectivity index (χ2n) is 7.18. The second kappa shape index (κ2) is 9.08. The predicted molar refractivity (Wildman–Crippen MR) is 102 cm³/mol. The number of hydrogen-bond acceptors (Lipinski definition) is 5. The van der Waals surface area contributed by atoms with E-state index in [9.17, 15) is 9.59 Å². The predicted octanol–water partition coefficient (Wildman–Crippen LogP) is 1.36. The third kappa shape index (κ3) is 5.35. The molecule has 1 aromatic carbocycles. The largest absolute Gasteiger partial charge is 0.486 e. The van der Waals surface area contributed by atoms with Gasteiger partial charge in [-0.2, -0.15) is 0 Å². The van der Waals surface area contributed by atoms with Gasteiger partial charge in [0.25, 0.3) is 0 Å². The molecule has 1 aromatic rings. The van der Waals surface area contributed by atoms with Crippen LogP contribution in [0.15, 0.2) is 18.2 Å². The van der Waals surface area contributed by atoms with Crippen molar-refractivity contribution in [3.05, 3.63) is 23.8 Å². The first-order valence-corrected chi connectivity index (χ1v) is 9.63. The minimum absolute atomic E-state index is 0.0372. The van der Waals surface area contributed by atoms with Crippen LogP contribution in [-0.4, -0.2) is 79.5 Å². The van der Waals surface area contributed by atoms with E-state index >= 15 is 0 Å². The lowest BCUT2D eigenvalue weighted by molar-refractivity contribution is -0.134. The van der Waals surface area contributed by atoms with Gasteiger partial charge in [0.1, 0.15) is 13.2 Å². The molecule has 2 heterocycles. The van der Waals surface area contributed by atoms with Crippen LogP contribution in [0.3, 0.4) is 0 Å². The molecular weight excluding hydrogens is 346 g/mol. The molecule has 1 fully saturated rings. The number of rotatable bonds is 6. The lowest BCUT2D eigenvalue weighted by Crippen LogP contribution is -2.48. The summed E-state index contributed by atoms with van der Waals surface area (Å²) in [5, 5.41) is 0. The van der Waals surface area contributed by atoms with Gasteiger partial charge in [0.05, 0.1) is 0 Å². The Morgan fingerprint density at radius 1 is 1.07 bits per heavy atom. The average molecular weight is 375 g/mol. The molecule has 0 unspecified atom stereocenters. The van der Waals surface area contributed by atoms with Gasteiger partial charge in [0, 0.05) is 59.7 Å². The van der Waals surface area contributed by atoms with Gasteiger partial charge in [-0.25, -0.2) is 0 Å². The fraction of sp³-hybridized carbons (Fsp3) is 0.600. The Hall–Kier alpha value is -2.28. The standard InChI is InChI=1S/C20H29N3O4/c1-16(24)21(2)7-3-4-20(25)23-10-8-22(9-11-23)15-17-5-6-18-19(14-17)27-13-12-26-18/h5-6,14H,3-4,7-13,15H2,1-2H3. The van der Waals surface area contributed by atoms with E-state index in [4.69, 9.17) is 9.47 Å². The minimum Gasteiger partial charge on any atom is -0.486 e. The molecule has 2 aliphatic heterocycles. The summed E-state index contributed by atoms with van der Waals surface area (Å²) in [6.07, 6.45) is 1.21. The van der Waals surface area contributed by atoms with Gasteiger partial charge < -0.3 is 19.3 Å². The molecule has 0 spiro atoms. The molecule has 2 amide bonds. The number of ether oxygens (including phenoxy) is 2. The molecule has 0 N–H and O–H groups in total. The highest BCUT2D eigenvalue weighted by molar-refractivity contribution is 5.76. The van der Waals surface area contributed by atoms with Crippen LogP contribution < -0.4 is 9.47 Å². The molecule has 7 heteroatoms. The van der Waals surface area contributed by atoms with Gasteiger partial charge in [0.15, 0.2) is 11.5 Å². The van der Waals surface area contributed by atoms with Crippen molar-refractivity contribution in [3.63, 3.8) is 0 Å². The van der Waals surface area contributed by atoms with Crippen molar-refractivity contribution in [1.82, 2.24) is 14.7 Å². The van der Waals surface area contributed by atoms with E-state index in [-0.39, 0.29) is 11.8 Å². The highest BCUT2D eigenvalue weighted by Crippen LogP contribution is 2.31. The van der Waals surface area contributed by atoms with Crippen molar-refractivity contribution in [1.29, 1.82) is 0 Å². The Morgan fingerprint density at radius 3 is 2.48 bits per heavy atom. The first-order chi connectivity index (χ1) is 13.0. The zero-order valence-electron chi connectivity index (χ0n) is 16.3. The lowest BCUT2D eigenvalue weighted by Gasteiger charge is -2.35. The summed E-state index contributed by atoms with van der Waals surface area (Å²) in [5.41, 5.74) is 1.20. The molecular formula is C20H29N3O4. The normalized spacial score (nSPS) is 16.9. The molecule has 0 aliphatic carbocycles. The summed E-state index contributed by atoms with van der Waals surface area (Å²) >= 11 is 0. The zero-order valence-corrected chi connectivity index (χ0v) is 16.3. The highest BCUT2D eigenvalue weighted by atomic mass is 16.6. The maximum Gasteiger partial charge on any atom is 0.222 e. The molecule has 0 radical (unpaired) electrons. The van der Waals surface area contributed by atoms with Crippen LogP contribution in [0.4, 0.5) is 0 Å². The second-order valence-corrected chi connectivity index (χ2v) is 7.18. The Labute approximate surface area is 160 Å². The molecule has 27 heavy (non-hydrogen) atoms. The molecule has 0 bridgehead atoms. The third-order valence-corrected chi connectivity index (χ3v) is 5.16. The summed E-state index contributed by atoms with van der Waals surface area (Å²) in [7, 11) is 1.77. The van der Waals surface area contributed by atoms with Gasteiger partial charge in [0.2, 0.25) is 11.8 Å². The number of hydrogen-bond donors (Lipinski definition) is 0. The molecule has 0 aromatic heterocycles. The van der Waals surface area contributed by atoms with Gasteiger partial charge in [-0.1, -0.05) is 6.07 Å². The summed E-state index contributed by atoms with van der Waals surface area (Å²) in [6, 6.07) is 6.11. The lowest BCUT2D eigenvalue weighted by atomic mass is 10.1. The van der Waals surface area contributed by atoms with Crippen molar-refractivity contribution in [2.75, 3.05) is 53.0 Å². The summed E-state index contributed by atoms with van der Waals surface area (Å²) in [6.45, 7) is 7.47. The summed E-state index contributed by atoms with van der Waals surface area (Å²) < 4.78 is 11.2. The number of piperazine rings is 1. The number of amides is 2. The SMILES string of the molecule is CC(=O)N(C)CCCC(=O)N1CCN(Cc2ccc3c(c2)OCCO3)CC1. The summed E-state index contributed by atoms with van der Waals surface area (Å²) in [4.78, 5) is 29.5. The maximum absolute atomic E-state index is 12.3. The van der Waals surface area contributed by atoms with Crippen molar-refractivity contribution in [2.45, 2.75) is 26.3 Å². The topological polar surface area (TPSA) is 62.3 Å². The van der Waals surface area contributed by atoms with Crippen molar-refractivity contribution < 1.29 is 19.1 Å². The zero-order chi connectivity index (χ0) is 19.2. The monoisotopic (exact) mass is 375 g/mol. The van der Waals surface area contributed by atoms with Crippen molar-refractivity contribution in [2.24, 2.45) is 0 Å². The Balaban J connectivity index is 1.41. The Morgan fingerprint density at radius 2 is 1.78 bits per heavy atom. The van der Waals surface area contributed by atoms with Gasteiger partial charge in [-0.15, -0.1) is 0 Å². The molecule has 148 valence electrons. The van der Waals surface area contributed by atoms with E-state index in [0.29, 0.717) is 32.6 Å². The molecule has 7 nitrogen and oxygen atoms in total. The number of fused-ring (bicyclic) bond motifs is 1. The van der Waals surface area contributed by atoms with Gasteiger partial charge in [-0.3, -0.25) is 14.5 Å². The minimum atomic E-state index is 0.0372. The van der Waals surface area contributed by atoms with E-state index in [1.165, 1.54) is 5.56 Å². The van der Waals surface area contributed by atoms with Crippen LogP contribution in [0.2, 0.25) is 0 Å². The van der Waals surface area contributed by atoms with Gasteiger partial charge >= 0.3 is 0 Å². The fourth-order valence-electron chi connectivity index (χ4n) is 3.38. The van der Waals surface area contributed by atoms with E-state index in [1.807, 2.05) is 11.0 Å². The molecule has 1 saturated heterocycles. The van der Waals surface area contributed by atoms with Crippen LogP contribution in [0.1, 0.15) is 25.3 Å². The average Bonchev–Trinajstić information content (AvgIpc) is 2.68. The Kier molecular flexibility index (Phi) is 6.55. The molecule has 3 rings (SSSR count). The quantitative estimate of drug-likeness (QED) is 0.751. The number of carbonyl (C=O) groups excluding carboxylic acids is 2. The first-order valence-electron chi connectivity index (χ1n) is 9.63. The van der Waals surface area contributed by atoms with Crippen LogP contribution in [0.25, 0.3) is 0 Å². The molecule has 2 aliphatic rings. The molecule has 0 atom stereocenters. The summed E-state index contributed by atoms with van der Waals surface area (Å²) in [5.74, 6) is 1.86. The first kappa shape index (κ1) is 19.5. The third-order valence-electron chi connectivity index (χ3n) is 5.16. The van der Waals surface area contributed by atoms with E-state index in [1.54, 1.807) is 18.9 Å². The van der Waals surface area contributed by atoms with Crippen LogP contribution in [0, 0.1) is 0 Å². The van der Waals surface area contributed by atoms with Gasteiger partial charge in [-0.05, 0) is 24.1 Å². The van der Waals surface area contributed by atoms with E-state index in [2.05, 4.69) is 17.0 Å². The van der Waals surface area contributed by atoms with Crippen LogP contribution in [-0.2, 0) is 16.1 Å².